The summed E-state index contributed by atoms with van der Waals surface area (Å²) in [6.45, 7) is 15.1. The summed E-state index contributed by atoms with van der Waals surface area (Å²) in [5.41, 5.74) is 7.67. The molecule has 9 heteroatoms. The predicted molar refractivity (Wildman–Crippen MR) is 224 cm³/mol. The van der Waals surface area contributed by atoms with Crippen LogP contribution in [0.3, 0.4) is 0 Å². The molecule has 4 aromatic carbocycles. The molecule has 0 saturated carbocycles. The zero-order valence-corrected chi connectivity index (χ0v) is 35.2. The van der Waals surface area contributed by atoms with Crippen molar-refractivity contribution < 1.29 is 37.9 Å². The fourth-order valence-electron chi connectivity index (χ4n) is 6.50. The Morgan fingerprint density at radius 2 is 0.964 bits per heavy atom. The number of thiophene rings is 1. The van der Waals surface area contributed by atoms with Crippen LogP contribution in [0.2, 0.25) is 0 Å². The van der Waals surface area contributed by atoms with Gasteiger partial charge in [-0.25, -0.2) is 0 Å². The summed E-state index contributed by atoms with van der Waals surface area (Å²) in [6.07, 6.45) is 0. The molecule has 0 saturated heterocycles. The third-order valence-corrected chi connectivity index (χ3v) is 11.1. The molecule has 0 aliphatic carbocycles. The van der Waals surface area contributed by atoms with E-state index in [1.54, 1.807) is 54.0 Å². The molecule has 1 aromatic heterocycles. The Bertz CT molecular complexity index is 2070. The quantitative estimate of drug-likeness (QED) is 0.0919. The zero-order chi connectivity index (χ0) is 39.9. The predicted octanol–water partition coefficient (Wildman–Crippen LogP) is 11.1. The van der Waals surface area contributed by atoms with E-state index >= 15 is 0 Å². The van der Waals surface area contributed by atoms with Crippen molar-refractivity contribution in [2.45, 2.75) is 52.4 Å². The van der Waals surface area contributed by atoms with Crippen LogP contribution in [0.15, 0.2) is 72.8 Å². The second-order valence-electron chi connectivity index (χ2n) is 15.2. The molecule has 5 rings (SSSR count). The second kappa shape index (κ2) is 17.8. The lowest BCUT2D eigenvalue weighted by Crippen LogP contribution is -2.12. The number of hydrogen-bond acceptors (Lipinski definition) is 9. The third kappa shape index (κ3) is 9.23. The monoisotopic (exact) mass is 768 g/mol. The lowest BCUT2D eigenvalue weighted by atomic mass is 9.84. The minimum atomic E-state index is -0.243. The van der Waals surface area contributed by atoms with Crippen LogP contribution >= 0.6 is 11.3 Å². The van der Waals surface area contributed by atoms with Gasteiger partial charge in [-0.2, -0.15) is 0 Å². The van der Waals surface area contributed by atoms with Gasteiger partial charge in [-0.3, -0.25) is 0 Å². The van der Waals surface area contributed by atoms with Crippen molar-refractivity contribution >= 4 is 11.3 Å². The highest BCUT2D eigenvalue weighted by molar-refractivity contribution is 7.17. The third-order valence-electron chi connectivity index (χ3n) is 9.41. The molecule has 0 spiro atoms. The molecule has 5 aromatic rings. The molecule has 8 nitrogen and oxygen atoms in total. The molecule has 0 aliphatic heterocycles. The van der Waals surface area contributed by atoms with E-state index in [9.17, 15) is 0 Å². The van der Waals surface area contributed by atoms with Crippen LogP contribution in [-0.2, 0) is 20.3 Å². The Hall–Kier alpha value is -4.70. The summed E-state index contributed by atoms with van der Waals surface area (Å²) in [5.74, 6) is 4.31. The van der Waals surface area contributed by atoms with Gasteiger partial charge in [-0.05, 0) is 76.6 Å². The molecule has 0 N–H and O–H groups in total. The molecule has 55 heavy (non-hydrogen) atoms. The molecule has 0 fully saturated rings. The van der Waals surface area contributed by atoms with E-state index in [0.29, 0.717) is 49.4 Å². The van der Waals surface area contributed by atoms with E-state index < -0.39 is 0 Å². The van der Waals surface area contributed by atoms with Crippen LogP contribution in [0.25, 0.3) is 43.8 Å². The van der Waals surface area contributed by atoms with E-state index in [1.807, 2.05) is 24.3 Å². The smallest absolute Gasteiger partial charge is 0.130 e. The minimum absolute atomic E-state index is 0.103. The Kier molecular flexibility index (Phi) is 13.4. The summed E-state index contributed by atoms with van der Waals surface area (Å²) in [5, 5.41) is 0. The lowest BCUT2D eigenvalue weighted by Gasteiger charge is -2.23. The number of ether oxygens (including phenoxy) is 8. The summed E-state index contributed by atoms with van der Waals surface area (Å²) in [4.78, 5) is 2.26. The second-order valence-corrected chi connectivity index (χ2v) is 16.3. The van der Waals surface area contributed by atoms with Gasteiger partial charge in [0, 0.05) is 69.5 Å². The van der Waals surface area contributed by atoms with Gasteiger partial charge in [0.25, 0.3) is 0 Å². The molecule has 0 amide bonds. The molecular weight excluding hydrogens is 713 g/mol. The van der Waals surface area contributed by atoms with Crippen LogP contribution in [0, 0.1) is 0 Å². The highest BCUT2D eigenvalue weighted by Crippen LogP contribution is 2.56. The maximum atomic E-state index is 6.45. The first-order valence-corrected chi connectivity index (χ1v) is 19.3. The summed E-state index contributed by atoms with van der Waals surface area (Å²) >= 11 is 1.77. The Morgan fingerprint density at radius 3 is 1.44 bits per heavy atom. The zero-order valence-electron chi connectivity index (χ0n) is 34.4. The largest absolute Gasteiger partial charge is 0.497 e. The van der Waals surface area contributed by atoms with Gasteiger partial charge in [0.15, 0.2) is 0 Å². The van der Waals surface area contributed by atoms with Crippen LogP contribution in [0.5, 0.6) is 34.5 Å². The maximum Gasteiger partial charge on any atom is 0.130 e. The van der Waals surface area contributed by atoms with Crippen molar-refractivity contribution in [3.8, 4) is 78.3 Å². The first-order chi connectivity index (χ1) is 26.3. The van der Waals surface area contributed by atoms with Gasteiger partial charge in [0.1, 0.15) is 47.7 Å². The summed E-state index contributed by atoms with van der Waals surface area (Å²) < 4.78 is 47.0. The van der Waals surface area contributed by atoms with Gasteiger partial charge < -0.3 is 37.9 Å². The van der Waals surface area contributed by atoms with Crippen molar-refractivity contribution in [3.63, 3.8) is 0 Å². The van der Waals surface area contributed by atoms with E-state index in [1.165, 1.54) is 10.4 Å². The minimum Gasteiger partial charge on any atom is -0.497 e. The van der Waals surface area contributed by atoms with E-state index in [2.05, 4.69) is 90.1 Å². The van der Waals surface area contributed by atoms with Crippen LogP contribution in [0.1, 0.15) is 52.0 Å². The number of rotatable bonds is 16. The van der Waals surface area contributed by atoms with Crippen LogP contribution in [0.4, 0.5) is 0 Å². The highest BCUT2D eigenvalue weighted by Gasteiger charge is 2.32. The Labute approximate surface area is 331 Å². The SMILES string of the molecule is COCCOc1ccc(-c2sc(C(C)(C)C)c(-c3ccc(OC)cc3OC)c2-c2ccc(OC)cc2OC)cc1-c1cc(C(C)(C)C)ccc1OCCOC. The van der Waals surface area contributed by atoms with E-state index in [4.69, 9.17) is 37.9 Å². The van der Waals surface area contributed by atoms with Crippen LogP contribution in [-0.4, -0.2) is 69.1 Å². The first kappa shape index (κ1) is 41.5. The molecule has 0 atom stereocenters. The summed E-state index contributed by atoms with van der Waals surface area (Å²) in [7, 11) is 10.1. The van der Waals surface area contributed by atoms with Crippen molar-refractivity contribution in [1.82, 2.24) is 0 Å². The number of hydrogen-bond donors (Lipinski definition) is 0. The van der Waals surface area contributed by atoms with E-state index in [-0.39, 0.29) is 10.8 Å². The molecule has 0 aliphatic rings. The fraction of sp³-hybridized carbons (Fsp3) is 0.391. The molecule has 0 unspecified atom stereocenters. The maximum absolute atomic E-state index is 6.45. The molecule has 0 bridgehead atoms. The van der Waals surface area contributed by atoms with Crippen molar-refractivity contribution in [1.29, 1.82) is 0 Å². The lowest BCUT2D eigenvalue weighted by molar-refractivity contribution is 0.145. The van der Waals surface area contributed by atoms with Gasteiger partial charge in [-0.15, -0.1) is 11.3 Å². The molecule has 0 radical (unpaired) electrons. The first-order valence-electron chi connectivity index (χ1n) is 18.4. The number of methoxy groups -OCH3 is 6. The van der Waals surface area contributed by atoms with Crippen molar-refractivity contribution in [2.75, 3.05) is 69.1 Å². The van der Waals surface area contributed by atoms with Crippen molar-refractivity contribution in [2.24, 2.45) is 0 Å². The average Bonchev–Trinajstić information content (AvgIpc) is 3.58. The summed E-state index contributed by atoms with van der Waals surface area (Å²) in [6, 6.07) is 24.8. The molecule has 1 heterocycles. The van der Waals surface area contributed by atoms with Gasteiger partial charge in [0.05, 0.1) is 41.7 Å². The molecular formula is C46H56O8S. The van der Waals surface area contributed by atoms with E-state index in [0.717, 1.165) is 55.3 Å². The van der Waals surface area contributed by atoms with Crippen molar-refractivity contribution in [3.05, 3.63) is 83.2 Å². The van der Waals surface area contributed by atoms with Gasteiger partial charge in [0.2, 0.25) is 0 Å². The van der Waals surface area contributed by atoms with Gasteiger partial charge >= 0.3 is 0 Å². The fourth-order valence-corrected chi connectivity index (χ4v) is 7.88. The Balaban J connectivity index is 1.91. The number of benzene rings is 4. The highest BCUT2D eigenvalue weighted by atomic mass is 32.1. The topological polar surface area (TPSA) is 73.8 Å². The standard InChI is InChI=1S/C46H56O8S/c1-45(2,3)30-14-20-38(54-24-22-48-8)36(26-30)35-25-29(13-19-37(35)53-23-21-47-7)43-41(33-17-15-31(49-9)27-39(33)51-11)42(44(55-43)46(4,5)6)34-18-16-32(50-10)28-40(34)52-12/h13-20,25-28H,21-24H2,1-12H3. The normalized spacial score (nSPS) is 11.7. The molecule has 294 valence electrons. The van der Waals surface area contributed by atoms with Crippen LogP contribution < -0.4 is 28.4 Å². The average molecular weight is 769 g/mol. The van der Waals surface area contributed by atoms with Gasteiger partial charge in [-0.1, -0.05) is 47.6 Å². The Morgan fingerprint density at radius 1 is 0.455 bits per heavy atom.